The summed E-state index contributed by atoms with van der Waals surface area (Å²) in [6, 6.07) is 5.83. The number of benzene rings is 1. The summed E-state index contributed by atoms with van der Waals surface area (Å²) < 4.78 is 28.6. The van der Waals surface area contributed by atoms with E-state index in [0.29, 0.717) is 12.1 Å². The first-order valence-corrected chi connectivity index (χ1v) is 9.03. The molecule has 2 rings (SSSR count). The summed E-state index contributed by atoms with van der Waals surface area (Å²) in [6.45, 7) is 3.89. The van der Waals surface area contributed by atoms with Crippen LogP contribution in [-0.2, 0) is 23.6 Å². The van der Waals surface area contributed by atoms with Crippen LogP contribution in [0.25, 0.3) is 0 Å². The van der Waals surface area contributed by atoms with E-state index in [1.807, 2.05) is 6.20 Å². The molecule has 0 spiro atoms. The number of nitrogens with one attached hydrogen (secondary N) is 1. The van der Waals surface area contributed by atoms with E-state index < -0.39 is 10.0 Å². The highest BCUT2D eigenvalue weighted by atomic mass is 32.2. The highest BCUT2D eigenvalue weighted by Gasteiger charge is 2.19. The maximum absolute atomic E-state index is 12.5. The van der Waals surface area contributed by atoms with Gasteiger partial charge in [-0.3, -0.25) is 9.48 Å². The number of rotatable bonds is 6. The second kappa shape index (κ2) is 7.14. The van der Waals surface area contributed by atoms with Gasteiger partial charge in [-0.15, -0.1) is 0 Å². The molecule has 0 saturated carbocycles. The van der Waals surface area contributed by atoms with Gasteiger partial charge < -0.3 is 4.90 Å². The Kier molecular flexibility index (Phi) is 5.40. The molecule has 1 aromatic carbocycles. The highest BCUT2D eigenvalue weighted by Crippen LogP contribution is 2.14. The second-order valence-electron chi connectivity index (χ2n) is 5.99. The quantitative estimate of drug-likeness (QED) is 0.853. The number of aryl methyl sites for hydroxylation is 1. The Hall–Kier alpha value is -2.19. The van der Waals surface area contributed by atoms with Gasteiger partial charge in [0.2, 0.25) is 10.0 Å². The monoisotopic (exact) mass is 350 g/mol. The lowest BCUT2D eigenvalue weighted by molar-refractivity contribution is 0.0785. The predicted octanol–water partition coefficient (Wildman–Crippen LogP) is 1.38. The third-order valence-electron chi connectivity index (χ3n) is 3.31. The first-order valence-electron chi connectivity index (χ1n) is 7.54. The summed E-state index contributed by atoms with van der Waals surface area (Å²) in [5, 5.41) is 4.07. The van der Waals surface area contributed by atoms with Crippen LogP contribution in [0.15, 0.2) is 41.6 Å². The summed E-state index contributed by atoms with van der Waals surface area (Å²) in [4.78, 5) is 14.1. The molecule has 1 aromatic heterocycles. The van der Waals surface area contributed by atoms with E-state index in [4.69, 9.17) is 0 Å². The van der Waals surface area contributed by atoms with Crippen LogP contribution >= 0.6 is 0 Å². The van der Waals surface area contributed by atoms with Gasteiger partial charge in [0.1, 0.15) is 0 Å². The molecule has 7 nitrogen and oxygen atoms in total. The van der Waals surface area contributed by atoms with Gasteiger partial charge in [-0.05, 0) is 32.0 Å². The molecule has 0 aliphatic rings. The van der Waals surface area contributed by atoms with Gasteiger partial charge in [0.15, 0.2) is 0 Å². The van der Waals surface area contributed by atoms with Crippen molar-refractivity contribution in [3.63, 3.8) is 0 Å². The van der Waals surface area contributed by atoms with Crippen molar-refractivity contribution in [2.75, 3.05) is 7.05 Å². The topological polar surface area (TPSA) is 84.3 Å². The molecule has 0 bridgehead atoms. The third-order valence-corrected chi connectivity index (χ3v) is 4.96. The number of sulfonamides is 1. The van der Waals surface area contributed by atoms with E-state index in [1.165, 1.54) is 17.0 Å². The molecule has 24 heavy (non-hydrogen) atoms. The normalized spacial score (nSPS) is 11.7. The van der Waals surface area contributed by atoms with Gasteiger partial charge in [-0.25, -0.2) is 13.1 Å². The van der Waals surface area contributed by atoms with Gasteiger partial charge in [0, 0.05) is 44.0 Å². The maximum atomic E-state index is 12.5. The Balaban J connectivity index is 2.19. The highest BCUT2D eigenvalue weighted by molar-refractivity contribution is 7.89. The molecular formula is C16H22N4O3S. The molecule has 1 N–H and O–H groups in total. The molecule has 0 atom stereocenters. The van der Waals surface area contributed by atoms with E-state index in [1.54, 1.807) is 51.0 Å². The van der Waals surface area contributed by atoms with Crippen molar-refractivity contribution >= 4 is 15.9 Å². The Labute approximate surface area is 142 Å². The van der Waals surface area contributed by atoms with Gasteiger partial charge in [-0.2, -0.15) is 5.10 Å². The zero-order valence-electron chi connectivity index (χ0n) is 14.2. The van der Waals surface area contributed by atoms with Crippen molar-refractivity contribution < 1.29 is 13.2 Å². The molecule has 0 fully saturated rings. The molecule has 8 heteroatoms. The molecule has 1 heterocycles. The van der Waals surface area contributed by atoms with E-state index >= 15 is 0 Å². The Morgan fingerprint density at radius 3 is 2.67 bits per heavy atom. The smallest absolute Gasteiger partial charge is 0.253 e. The van der Waals surface area contributed by atoms with Crippen molar-refractivity contribution in [3.8, 4) is 0 Å². The number of amides is 1. The van der Waals surface area contributed by atoms with Crippen molar-refractivity contribution in [1.29, 1.82) is 0 Å². The summed E-state index contributed by atoms with van der Waals surface area (Å²) >= 11 is 0. The Bertz CT molecular complexity index is 827. The Morgan fingerprint density at radius 2 is 2.08 bits per heavy atom. The van der Waals surface area contributed by atoms with E-state index in [2.05, 4.69) is 9.82 Å². The number of nitrogens with zero attached hydrogens (tertiary/aromatic N) is 3. The Morgan fingerprint density at radius 1 is 1.38 bits per heavy atom. The summed E-state index contributed by atoms with van der Waals surface area (Å²) in [6.07, 6.45) is 3.52. The molecule has 0 saturated heterocycles. The largest absolute Gasteiger partial charge is 0.337 e. The number of hydrogen-bond acceptors (Lipinski definition) is 4. The number of carbonyl (C=O) groups is 1. The fourth-order valence-corrected chi connectivity index (χ4v) is 3.59. The predicted molar refractivity (Wildman–Crippen MR) is 90.9 cm³/mol. The van der Waals surface area contributed by atoms with Crippen molar-refractivity contribution in [1.82, 2.24) is 19.4 Å². The van der Waals surface area contributed by atoms with E-state index in [9.17, 15) is 13.2 Å². The minimum atomic E-state index is -3.63. The molecule has 0 aliphatic heterocycles. The molecule has 2 aromatic rings. The lowest BCUT2D eigenvalue weighted by Crippen LogP contribution is -2.31. The second-order valence-corrected chi connectivity index (χ2v) is 7.70. The van der Waals surface area contributed by atoms with Crippen molar-refractivity contribution in [2.24, 2.45) is 7.05 Å². The lowest BCUT2D eigenvalue weighted by Gasteiger charge is -2.17. The minimum absolute atomic E-state index is 0.0804. The molecular weight excluding hydrogens is 328 g/mol. The van der Waals surface area contributed by atoms with Crippen molar-refractivity contribution in [2.45, 2.75) is 31.3 Å². The van der Waals surface area contributed by atoms with E-state index in [-0.39, 0.29) is 16.8 Å². The molecule has 0 unspecified atom stereocenters. The summed E-state index contributed by atoms with van der Waals surface area (Å²) in [5.41, 5.74) is 1.23. The number of aromatic nitrogens is 2. The van der Waals surface area contributed by atoms with Crippen LogP contribution < -0.4 is 4.72 Å². The first kappa shape index (κ1) is 18.2. The number of hydrogen-bond donors (Lipinski definition) is 1. The van der Waals surface area contributed by atoms with Crippen LogP contribution in [0.4, 0.5) is 0 Å². The average Bonchev–Trinajstić information content (AvgIpc) is 2.90. The first-order chi connectivity index (χ1) is 11.2. The fourth-order valence-electron chi connectivity index (χ4n) is 2.29. The standard InChI is InChI=1S/C16H22N4O3S/c1-12(2)18-24(22,23)15-7-5-6-14(8-15)16(21)19(3)10-13-9-17-20(4)11-13/h5-9,11-12,18H,10H2,1-4H3. The van der Waals surface area contributed by atoms with Crippen molar-refractivity contribution in [3.05, 3.63) is 47.8 Å². The third kappa shape index (κ3) is 4.42. The molecule has 130 valence electrons. The summed E-state index contributed by atoms with van der Waals surface area (Å²) in [7, 11) is -0.154. The lowest BCUT2D eigenvalue weighted by atomic mass is 10.2. The van der Waals surface area contributed by atoms with Gasteiger partial charge in [0.25, 0.3) is 5.91 Å². The van der Waals surface area contributed by atoms with Crippen LogP contribution in [0, 0.1) is 0 Å². The fraction of sp³-hybridized carbons (Fsp3) is 0.375. The zero-order chi connectivity index (χ0) is 17.9. The van der Waals surface area contributed by atoms with Crippen LogP contribution in [0.5, 0.6) is 0 Å². The van der Waals surface area contributed by atoms with Crippen LogP contribution in [0.3, 0.4) is 0 Å². The zero-order valence-corrected chi connectivity index (χ0v) is 15.0. The molecule has 1 amide bonds. The SMILES string of the molecule is CC(C)NS(=O)(=O)c1cccc(C(=O)N(C)Cc2cnn(C)c2)c1. The maximum Gasteiger partial charge on any atom is 0.253 e. The minimum Gasteiger partial charge on any atom is -0.337 e. The summed E-state index contributed by atoms with van der Waals surface area (Å²) in [5.74, 6) is -0.250. The molecule has 0 aliphatic carbocycles. The van der Waals surface area contributed by atoms with Gasteiger partial charge >= 0.3 is 0 Å². The van der Waals surface area contributed by atoms with Crippen LogP contribution in [0.2, 0.25) is 0 Å². The van der Waals surface area contributed by atoms with Crippen LogP contribution in [0.1, 0.15) is 29.8 Å². The van der Waals surface area contributed by atoms with E-state index in [0.717, 1.165) is 5.56 Å². The molecule has 0 radical (unpaired) electrons. The van der Waals surface area contributed by atoms with Gasteiger partial charge in [0.05, 0.1) is 11.1 Å². The number of carbonyl (C=O) groups excluding carboxylic acids is 1. The van der Waals surface area contributed by atoms with Gasteiger partial charge in [-0.1, -0.05) is 6.07 Å². The van der Waals surface area contributed by atoms with Crippen LogP contribution in [-0.4, -0.2) is 42.1 Å². The average molecular weight is 350 g/mol.